The third-order valence-electron chi connectivity index (χ3n) is 5.56. The zero-order chi connectivity index (χ0) is 29.2. The number of aliphatic carboxylic acids is 1. The van der Waals surface area contributed by atoms with Gasteiger partial charge in [0.1, 0.15) is 5.75 Å². The monoisotopic (exact) mass is 573 g/mol. The predicted octanol–water partition coefficient (Wildman–Crippen LogP) is 4.91. The molecule has 2 heterocycles. The Morgan fingerprint density at radius 1 is 1.15 bits per heavy atom. The number of carboxylic acids is 1. The van der Waals surface area contributed by atoms with Crippen LogP contribution in [0.25, 0.3) is 23.0 Å². The van der Waals surface area contributed by atoms with Crippen molar-refractivity contribution in [2.45, 2.75) is 18.0 Å². The maximum atomic E-state index is 13.5. The lowest BCUT2D eigenvalue weighted by molar-refractivity contribution is -0.141. The van der Waals surface area contributed by atoms with Crippen molar-refractivity contribution in [3.05, 3.63) is 77.8 Å². The number of carboxylic acid groups (broad SMARTS) is 1. The second-order valence-corrected chi connectivity index (χ2v) is 10.6. The fourth-order valence-corrected chi connectivity index (χ4v) is 4.38. The second kappa shape index (κ2) is 10.8. The van der Waals surface area contributed by atoms with Crippen LogP contribution in [0.1, 0.15) is 17.0 Å². The molecule has 14 heteroatoms. The van der Waals surface area contributed by atoms with E-state index in [1.54, 1.807) is 24.3 Å². The minimum absolute atomic E-state index is 0.00361. The minimum Gasteiger partial charge on any atom is -0.497 e. The predicted molar refractivity (Wildman–Crippen MR) is 140 cm³/mol. The topological polar surface area (TPSA) is 136 Å². The molecule has 0 saturated heterocycles. The summed E-state index contributed by atoms with van der Waals surface area (Å²) in [5.74, 6) is -0.965. The molecule has 2 aromatic carbocycles. The Labute approximate surface area is 226 Å². The van der Waals surface area contributed by atoms with E-state index in [4.69, 9.17) is 9.84 Å². The normalized spacial score (nSPS) is 12.1. The molecule has 0 bridgehead atoms. The number of hydrogen-bond acceptors (Lipinski definition) is 8. The first-order valence-electron chi connectivity index (χ1n) is 11.4. The number of aryl methyl sites for hydroxylation is 1. The summed E-state index contributed by atoms with van der Waals surface area (Å²) in [5.41, 5.74) is 0.587. The van der Waals surface area contributed by atoms with Gasteiger partial charge >= 0.3 is 12.1 Å². The van der Waals surface area contributed by atoms with Gasteiger partial charge in [0.2, 0.25) is 5.95 Å². The summed E-state index contributed by atoms with van der Waals surface area (Å²) >= 11 is 0. The molecule has 0 unspecified atom stereocenters. The molecule has 2 aromatic heterocycles. The van der Waals surface area contributed by atoms with Gasteiger partial charge in [-0.2, -0.15) is 23.3 Å². The first-order chi connectivity index (χ1) is 18.7. The fourth-order valence-electron chi connectivity index (χ4n) is 3.71. The number of ether oxygens (including phenoxy) is 1. The van der Waals surface area contributed by atoms with E-state index in [9.17, 15) is 26.4 Å². The highest BCUT2D eigenvalue weighted by Gasteiger charge is 2.35. The van der Waals surface area contributed by atoms with Crippen LogP contribution in [0, 0.1) is 6.92 Å². The van der Waals surface area contributed by atoms with Gasteiger partial charge in [0, 0.05) is 41.5 Å². The standard InChI is InChI=1S/C26H22F3N5O5S/c1-15-9-22(26(27,28)29)33-34(15)24-21(17-6-4-5-16(10-17)7-8-23(35)36)14-30-25(32-24)31-18-11-19(39-2)13-20(12-18)40(3,37)38/h4-14H,1-3H3,(H,35,36)(H,30,31,32). The van der Waals surface area contributed by atoms with E-state index in [1.165, 1.54) is 44.5 Å². The molecule has 0 aliphatic heterocycles. The van der Waals surface area contributed by atoms with Crippen LogP contribution in [0.4, 0.5) is 24.8 Å². The van der Waals surface area contributed by atoms with Crippen molar-refractivity contribution < 1.29 is 36.2 Å². The summed E-state index contributed by atoms with van der Waals surface area (Å²) in [7, 11) is -2.23. The van der Waals surface area contributed by atoms with Crippen molar-refractivity contribution in [2.24, 2.45) is 0 Å². The highest BCUT2D eigenvalue weighted by atomic mass is 32.2. The Morgan fingerprint density at radius 2 is 1.90 bits per heavy atom. The Balaban J connectivity index is 1.87. The van der Waals surface area contributed by atoms with Gasteiger partial charge < -0.3 is 15.2 Å². The number of nitrogens with zero attached hydrogens (tertiary/aromatic N) is 4. The molecule has 4 rings (SSSR count). The second-order valence-electron chi connectivity index (χ2n) is 8.60. The maximum Gasteiger partial charge on any atom is 0.435 e. The molecule has 40 heavy (non-hydrogen) atoms. The smallest absolute Gasteiger partial charge is 0.435 e. The number of methoxy groups -OCH3 is 1. The number of carbonyl (C=O) groups is 1. The number of aromatic nitrogens is 4. The van der Waals surface area contributed by atoms with Gasteiger partial charge in [0.15, 0.2) is 21.3 Å². The molecule has 0 aliphatic rings. The van der Waals surface area contributed by atoms with Crippen molar-refractivity contribution in [3.8, 4) is 22.7 Å². The lowest BCUT2D eigenvalue weighted by Gasteiger charge is -2.14. The van der Waals surface area contributed by atoms with Crippen LogP contribution in [-0.4, -0.2) is 52.6 Å². The maximum absolute atomic E-state index is 13.5. The third-order valence-corrected chi connectivity index (χ3v) is 6.66. The summed E-state index contributed by atoms with van der Waals surface area (Å²) in [4.78, 5) is 19.6. The average Bonchev–Trinajstić information content (AvgIpc) is 3.29. The van der Waals surface area contributed by atoms with E-state index in [-0.39, 0.29) is 33.8 Å². The number of nitrogens with one attached hydrogen (secondary N) is 1. The van der Waals surface area contributed by atoms with Crippen molar-refractivity contribution in [1.29, 1.82) is 0 Å². The molecule has 4 aromatic rings. The molecule has 2 N–H and O–H groups in total. The van der Waals surface area contributed by atoms with E-state index in [0.717, 1.165) is 23.1 Å². The van der Waals surface area contributed by atoms with E-state index in [1.807, 2.05) is 0 Å². The van der Waals surface area contributed by atoms with Gasteiger partial charge in [-0.25, -0.2) is 22.9 Å². The SMILES string of the molecule is COc1cc(Nc2ncc(-c3cccc(C=CC(=O)O)c3)c(-n3nc(C(F)(F)F)cc3C)n2)cc(S(C)(=O)=O)c1. The number of hydrogen-bond donors (Lipinski definition) is 2. The van der Waals surface area contributed by atoms with Crippen LogP contribution in [0.3, 0.4) is 0 Å². The van der Waals surface area contributed by atoms with Gasteiger partial charge in [-0.05, 0) is 48.4 Å². The van der Waals surface area contributed by atoms with Crippen molar-refractivity contribution in [2.75, 3.05) is 18.7 Å². The largest absolute Gasteiger partial charge is 0.497 e. The highest BCUT2D eigenvalue weighted by Crippen LogP contribution is 2.33. The van der Waals surface area contributed by atoms with Crippen molar-refractivity contribution in [1.82, 2.24) is 19.7 Å². The quantitative estimate of drug-likeness (QED) is 0.282. The average molecular weight is 574 g/mol. The van der Waals surface area contributed by atoms with Gasteiger partial charge in [0.25, 0.3) is 0 Å². The molecule has 10 nitrogen and oxygen atoms in total. The zero-order valence-corrected chi connectivity index (χ0v) is 22.1. The number of rotatable bonds is 8. The highest BCUT2D eigenvalue weighted by molar-refractivity contribution is 7.90. The van der Waals surface area contributed by atoms with Gasteiger partial charge in [-0.15, -0.1) is 0 Å². The summed E-state index contributed by atoms with van der Waals surface area (Å²) in [6.45, 7) is 1.44. The molecule has 0 amide bonds. The van der Waals surface area contributed by atoms with Crippen LogP contribution in [0.15, 0.2) is 65.7 Å². The summed E-state index contributed by atoms with van der Waals surface area (Å²) < 4.78 is 70.8. The number of sulfone groups is 1. The van der Waals surface area contributed by atoms with E-state index >= 15 is 0 Å². The molecule has 0 radical (unpaired) electrons. The van der Waals surface area contributed by atoms with Crippen LogP contribution >= 0.6 is 0 Å². The van der Waals surface area contributed by atoms with Crippen molar-refractivity contribution >= 4 is 33.5 Å². The van der Waals surface area contributed by atoms with Crippen LogP contribution in [-0.2, 0) is 20.8 Å². The van der Waals surface area contributed by atoms with Gasteiger partial charge in [-0.1, -0.05) is 18.2 Å². The Hall–Kier alpha value is -4.72. The first-order valence-corrected chi connectivity index (χ1v) is 13.3. The Bertz CT molecular complexity index is 1730. The first kappa shape index (κ1) is 28.3. The number of anilines is 2. The lowest BCUT2D eigenvalue weighted by atomic mass is 10.0. The van der Waals surface area contributed by atoms with Gasteiger partial charge in [0.05, 0.1) is 12.0 Å². The summed E-state index contributed by atoms with van der Waals surface area (Å²) in [6, 6.07) is 11.7. The number of alkyl halides is 3. The lowest BCUT2D eigenvalue weighted by Crippen LogP contribution is -2.11. The molecular weight excluding hydrogens is 551 g/mol. The molecule has 208 valence electrons. The van der Waals surface area contributed by atoms with Crippen LogP contribution in [0.2, 0.25) is 0 Å². The minimum atomic E-state index is -4.70. The van der Waals surface area contributed by atoms with Gasteiger partial charge in [-0.3, -0.25) is 0 Å². The molecule has 0 spiro atoms. The molecule has 0 aliphatic carbocycles. The summed E-state index contributed by atoms with van der Waals surface area (Å²) in [5, 5.41) is 15.5. The van der Waals surface area contributed by atoms with Crippen LogP contribution < -0.4 is 10.1 Å². The molecule has 0 saturated carbocycles. The van der Waals surface area contributed by atoms with Crippen LogP contribution in [0.5, 0.6) is 5.75 Å². The Morgan fingerprint density at radius 3 is 2.52 bits per heavy atom. The number of halogens is 3. The van der Waals surface area contributed by atoms with Crippen molar-refractivity contribution in [3.63, 3.8) is 0 Å². The Kier molecular flexibility index (Phi) is 7.64. The number of benzene rings is 2. The van der Waals surface area contributed by atoms with E-state index in [0.29, 0.717) is 16.7 Å². The van der Waals surface area contributed by atoms with E-state index < -0.39 is 27.7 Å². The molecular formula is C26H22F3N5O5S. The third kappa shape index (κ3) is 6.46. The summed E-state index contributed by atoms with van der Waals surface area (Å²) in [6.07, 6.45) is 0.0275. The zero-order valence-electron chi connectivity index (χ0n) is 21.3. The fraction of sp³-hybridized carbons (Fsp3) is 0.154. The molecule has 0 fully saturated rings. The molecule has 0 atom stereocenters. The van der Waals surface area contributed by atoms with E-state index in [2.05, 4.69) is 20.4 Å².